The lowest BCUT2D eigenvalue weighted by Gasteiger charge is -2.11. The molecule has 0 saturated carbocycles. The number of nitrogens with zero attached hydrogens (tertiary/aromatic N) is 4. The second kappa shape index (κ2) is 8.62. The Morgan fingerprint density at radius 1 is 0.722 bits per heavy atom. The molecule has 0 unspecified atom stereocenters. The molecule has 4 aromatic carbocycles. The monoisotopic (exact) mass is 490 g/mol. The Morgan fingerprint density at radius 3 is 2.08 bits per heavy atom. The van der Waals surface area contributed by atoms with Gasteiger partial charge in [-0.05, 0) is 43.3 Å². The second-order valence-corrected chi connectivity index (χ2v) is 10.3. The Morgan fingerprint density at radius 2 is 1.36 bits per heavy atom. The number of hydrogen-bond donors (Lipinski definition) is 0. The molecule has 2 heterocycles. The third-order valence-corrected chi connectivity index (χ3v) is 7.82. The van der Waals surface area contributed by atoms with E-state index in [0.717, 1.165) is 16.8 Å². The molecule has 7 heteroatoms. The number of hydrogen-bond acceptors (Lipinski definition) is 4. The molecule has 6 rings (SSSR count). The van der Waals surface area contributed by atoms with Crippen LogP contribution in [0.25, 0.3) is 39.4 Å². The van der Waals surface area contributed by atoms with Crippen LogP contribution < -0.4 is 0 Å². The van der Waals surface area contributed by atoms with E-state index >= 15 is 0 Å². The standard InChI is InChI=1S/C29H22N4O2S/c1-21-16-18-22(19-17-21)28-25(20-32(31-28)23-10-4-2-5-11-23)29-30-26-14-8-9-15-27(26)33(29)36(34,35)24-12-6-3-7-13-24/h2-20H,1H3. The van der Waals surface area contributed by atoms with Gasteiger partial charge in [-0.2, -0.15) is 5.10 Å². The topological polar surface area (TPSA) is 69.8 Å². The van der Waals surface area contributed by atoms with E-state index in [-0.39, 0.29) is 4.90 Å². The minimum Gasteiger partial charge on any atom is -0.240 e. The Bertz CT molecular complexity index is 1790. The van der Waals surface area contributed by atoms with Crippen molar-refractivity contribution in [1.29, 1.82) is 0 Å². The highest BCUT2D eigenvalue weighted by Crippen LogP contribution is 2.36. The van der Waals surface area contributed by atoms with Crippen LogP contribution in [0.3, 0.4) is 0 Å². The summed E-state index contributed by atoms with van der Waals surface area (Å²) in [4.78, 5) is 5.01. The molecule has 2 aromatic heterocycles. The first-order valence-electron chi connectivity index (χ1n) is 11.5. The molecule has 0 saturated heterocycles. The molecule has 0 aliphatic carbocycles. The van der Waals surface area contributed by atoms with Gasteiger partial charge in [0.1, 0.15) is 5.69 Å². The summed E-state index contributed by atoms with van der Waals surface area (Å²) in [6.45, 7) is 2.03. The van der Waals surface area contributed by atoms with Crippen molar-refractivity contribution in [1.82, 2.24) is 18.7 Å². The van der Waals surface area contributed by atoms with Gasteiger partial charge in [0, 0.05) is 11.8 Å². The zero-order chi connectivity index (χ0) is 24.7. The maximum absolute atomic E-state index is 14.0. The third kappa shape index (κ3) is 3.70. The van der Waals surface area contributed by atoms with Gasteiger partial charge >= 0.3 is 0 Å². The summed E-state index contributed by atoms with van der Waals surface area (Å²) >= 11 is 0. The predicted octanol–water partition coefficient (Wildman–Crippen LogP) is 6.10. The molecule has 0 atom stereocenters. The molecule has 0 aliphatic heterocycles. The smallest absolute Gasteiger partial charge is 0.240 e. The minimum absolute atomic E-state index is 0.196. The summed E-state index contributed by atoms with van der Waals surface area (Å²) in [7, 11) is -3.94. The van der Waals surface area contributed by atoms with Crippen LogP contribution in [-0.2, 0) is 10.0 Å². The lowest BCUT2D eigenvalue weighted by Crippen LogP contribution is -2.14. The van der Waals surface area contributed by atoms with Gasteiger partial charge in [0.25, 0.3) is 10.0 Å². The molecule has 0 aliphatic rings. The first kappa shape index (κ1) is 22.0. The summed E-state index contributed by atoms with van der Waals surface area (Å²) < 4.78 is 31.0. The number of aromatic nitrogens is 4. The number of rotatable bonds is 5. The van der Waals surface area contributed by atoms with Crippen LogP contribution in [0.2, 0.25) is 0 Å². The lowest BCUT2D eigenvalue weighted by molar-refractivity contribution is 0.589. The van der Waals surface area contributed by atoms with E-state index in [1.807, 2.05) is 85.9 Å². The van der Waals surface area contributed by atoms with E-state index in [1.54, 1.807) is 41.1 Å². The number of benzene rings is 4. The molecule has 0 radical (unpaired) electrons. The van der Waals surface area contributed by atoms with E-state index in [9.17, 15) is 8.42 Å². The fraction of sp³-hybridized carbons (Fsp3) is 0.0345. The quantitative estimate of drug-likeness (QED) is 0.293. The SMILES string of the molecule is Cc1ccc(-c2nn(-c3ccccc3)cc2-c2nc3ccccc3n2S(=O)(=O)c2ccccc2)cc1. The summed E-state index contributed by atoms with van der Waals surface area (Å²) in [5.74, 6) is 0.317. The lowest BCUT2D eigenvalue weighted by atomic mass is 10.1. The van der Waals surface area contributed by atoms with Crippen molar-refractivity contribution in [2.24, 2.45) is 0 Å². The summed E-state index contributed by atoms with van der Waals surface area (Å²) in [5.41, 5.74) is 5.25. The van der Waals surface area contributed by atoms with Gasteiger partial charge in [0.2, 0.25) is 0 Å². The Hall–Kier alpha value is -4.49. The molecule has 36 heavy (non-hydrogen) atoms. The van der Waals surface area contributed by atoms with Crippen molar-refractivity contribution < 1.29 is 8.42 Å². The zero-order valence-corrected chi connectivity index (χ0v) is 20.3. The molecule has 0 N–H and O–H groups in total. The van der Waals surface area contributed by atoms with Gasteiger partial charge < -0.3 is 0 Å². The first-order chi connectivity index (χ1) is 17.5. The van der Waals surface area contributed by atoms with E-state index in [2.05, 4.69) is 0 Å². The molecule has 6 aromatic rings. The first-order valence-corrected chi connectivity index (χ1v) is 13.0. The molecule has 0 bridgehead atoms. The molecule has 6 nitrogen and oxygen atoms in total. The Labute approximate surface area is 209 Å². The Balaban J connectivity index is 1.67. The van der Waals surface area contributed by atoms with Crippen LogP contribution in [0.5, 0.6) is 0 Å². The fourth-order valence-corrected chi connectivity index (χ4v) is 5.78. The number of aryl methyl sites for hydroxylation is 1. The normalized spacial score (nSPS) is 11.7. The minimum atomic E-state index is -3.94. The Kier molecular flexibility index (Phi) is 5.27. The molecular formula is C29H22N4O2S. The molecule has 176 valence electrons. The fourth-order valence-electron chi connectivity index (χ4n) is 4.29. The molecule has 0 amide bonds. The van der Waals surface area contributed by atoms with Gasteiger partial charge in [0.05, 0.1) is 27.2 Å². The van der Waals surface area contributed by atoms with E-state index in [0.29, 0.717) is 28.1 Å². The maximum Gasteiger partial charge on any atom is 0.269 e. The highest BCUT2D eigenvalue weighted by Gasteiger charge is 2.28. The van der Waals surface area contributed by atoms with Gasteiger partial charge in [-0.1, -0.05) is 78.4 Å². The average molecular weight is 491 g/mol. The maximum atomic E-state index is 14.0. The highest BCUT2D eigenvalue weighted by atomic mass is 32.2. The van der Waals surface area contributed by atoms with Crippen molar-refractivity contribution in [3.8, 4) is 28.3 Å². The summed E-state index contributed by atoms with van der Waals surface area (Å²) in [6.07, 6.45) is 1.85. The van der Waals surface area contributed by atoms with Gasteiger partial charge in [0.15, 0.2) is 5.82 Å². The van der Waals surface area contributed by atoms with Crippen molar-refractivity contribution in [2.45, 2.75) is 11.8 Å². The van der Waals surface area contributed by atoms with Gasteiger partial charge in [-0.15, -0.1) is 0 Å². The van der Waals surface area contributed by atoms with Crippen LogP contribution in [0.4, 0.5) is 0 Å². The van der Waals surface area contributed by atoms with Gasteiger partial charge in [-0.3, -0.25) is 0 Å². The average Bonchev–Trinajstić information content (AvgIpc) is 3.53. The number of para-hydroxylation sites is 3. The summed E-state index contributed by atoms with van der Waals surface area (Å²) in [6, 6.07) is 33.5. The van der Waals surface area contributed by atoms with Crippen molar-refractivity contribution in [2.75, 3.05) is 0 Å². The van der Waals surface area contributed by atoms with Crippen molar-refractivity contribution >= 4 is 21.1 Å². The number of fused-ring (bicyclic) bond motifs is 1. The summed E-state index contributed by atoms with van der Waals surface area (Å²) in [5, 5.41) is 4.89. The van der Waals surface area contributed by atoms with Crippen molar-refractivity contribution in [3.05, 3.63) is 121 Å². The van der Waals surface area contributed by atoms with Crippen molar-refractivity contribution in [3.63, 3.8) is 0 Å². The number of imidazole rings is 1. The van der Waals surface area contributed by atoms with Crippen LogP contribution in [0, 0.1) is 6.92 Å². The van der Waals surface area contributed by atoms with E-state index < -0.39 is 10.0 Å². The third-order valence-electron chi connectivity index (χ3n) is 6.10. The zero-order valence-electron chi connectivity index (χ0n) is 19.5. The molecule has 0 spiro atoms. The molecule has 0 fully saturated rings. The van der Waals surface area contributed by atoms with Crippen LogP contribution in [0.15, 0.2) is 120 Å². The molecular weight excluding hydrogens is 468 g/mol. The highest BCUT2D eigenvalue weighted by molar-refractivity contribution is 7.90. The van der Waals surface area contributed by atoms with E-state index in [4.69, 9.17) is 10.1 Å². The van der Waals surface area contributed by atoms with Crippen LogP contribution >= 0.6 is 0 Å². The largest absolute Gasteiger partial charge is 0.269 e. The van der Waals surface area contributed by atoms with E-state index in [1.165, 1.54) is 3.97 Å². The van der Waals surface area contributed by atoms with Crippen LogP contribution in [0.1, 0.15) is 5.56 Å². The van der Waals surface area contributed by atoms with Crippen LogP contribution in [-0.4, -0.2) is 27.2 Å². The predicted molar refractivity (Wildman–Crippen MR) is 141 cm³/mol. The second-order valence-electron chi connectivity index (χ2n) is 8.54. The van der Waals surface area contributed by atoms with Gasteiger partial charge in [-0.25, -0.2) is 22.1 Å².